The molecule has 0 bridgehead atoms. The van der Waals surface area contributed by atoms with Gasteiger partial charge >= 0.3 is 0 Å². The van der Waals surface area contributed by atoms with Gasteiger partial charge in [0.2, 0.25) is 11.8 Å². The Labute approximate surface area is 127 Å². The molecule has 0 saturated carbocycles. The van der Waals surface area contributed by atoms with Gasteiger partial charge in [0, 0.05) is 19.5 Å². The number of hydrogen-bond donors (Lipinski definition) is 3. The van der Waals surface area contributed by atoms with Crippen molar-refractivity contribution in [3.05, 3.63) is 35.6 Å². The first-order valence-corrected chi connectivity index (χ1v) is 7.17. The molecule has 1 aliphatic heterocycles. The topological polar surface area (TPSA) is 87.3 Å². The lowest BCUT2D eigenvalue weighted by Gasteiger charge is -2.22. The highest BCUT2D eigenvalue weighted by Gasteiger charge is 2.23. The number of piperidine rings is 1. The van der Waals surface area contributed by atoms with E-state index < -0.39 is 17.8 Å². The van der Waals surface area contributed by atoms with Crippen molar-refractivity contribution in [3.8, 4) is 0 Å². The van der Waals surface area contributed by atoms with Crippen LogP contribution in [0.25, 0.3) is 0 Å². The minimum Gasteiger partial charge on any atom is -0.354 e. The van der Waals surface area contributed by atoms with Gasteiger partial charge in [-0.2, -0.15) is 0 Å². The first kappa shape index (κ1) is 15.9. The van der Waals surface area contributed by atoms with E-state index >= 15 is 0 Å². The summed E-state index contributed by atoms with van der Waals surface area (Å²) in [6.45, 7) is 0.706. The van der Waals surface area contributed by atoms with E-state index in [1.54, 1.807) is 6.07 Å². The monoisotopic (exact) mass is 307 g/mol. The van der Waals surface area contributed by atoms with E-state index in [4.69, 9.17) is 0 Å². The molecule has 0 aliphatic carbocycles. The molecule has 1 heterocycles. The fraction of sp³-hybridized carbons (Fsp3) is 0.400. The van der Waals surface area contributed by atoms with E-state index in [-0.39, 0.29) is 30.3 Å². The van der Waals surface area contributed by atoms with Crippen LogP contribution in [0.2, 0.25) is 0 Å². The lowest BCUT2D eigenvalue weighted by Crippen LogP contribution is -2.50. The van der Waals surface area contributed by atoms with Gasteiger partial charge in [-0.05, 0) is 25.0 Å². The molecule has 1 aromatic carbocycles. The minimum atomic E-state index is -0.608. The number of hydrogen-bond acceptors (Lipinski definition) is 3. The SMILES string of the molecule is O=C(CCNC(=O)c1ccccc1F)NC1CCCNC1=O. The van der Waals surface area contributed by atoms with Crippen LogP contribution in [0.3, 0.4) is 0 Å². The quantitative estimate of drug-likeness (QED) is 0.733. The largest absolute Gasteiger partial charge is 0.354 e. The molecular weight excluding hydrogens is 289 g/mol. The van der Waals surface area contributed by atoms with Crippen molar-refractivity contribution in [3.63, 3.8) is 0 Å². The third-order valence-electron chi connectivity index (χ3n) is 3.38. The van der Waals surface area contributed by atoms with Crippen LogP contribution in [-0.4, -0.2) is 36.9 Å². The molecule has 3 N–H and O–H groups in total. The molecule has 6 nitrogen and oxygen atoms in total. The maximum Gasteiger partial charge on any atom is 0.254 e. The van der Waals surface area contributed by atoms with Crippen molar-refractivity contribution in [1.29, 1.82) is 0 Å². The van der Waals surface area contributed by atoms with Crippen LogP contribution >= 0.6 is 0 Å². The highest BCUT2D eigenvalue weighted by atomic mass is 19.1. The van der Waals surface area contributed by atoms with E-state index in [9.17, 15) is 18.8 Å². The Hall–Kier alpha value is -2.44. The second-order valence-electron chi connectivity index (χ2n) is 5.04. The summed E-state index contributed by atoms with van der Waals surface area (Å²) in [5, 5.41) is 7.77. The third-order valence-corrected chi connectivity index (χ3v) is 3.38. The Kier molecular flexibility index (Phi) is 5.46. The molecule has 1 atom stereocenters. The number of carbonyl (C=O) groups is 3. The molecule has 7 heteroatoms. The van der Waals surface area contributed by atoms with Crippen molar-refractivity contribution < 1.29 is 18.8 Å². The Morgan fingerprint density at radius 1 is 1.32 bits per heavy atom. The number of halogens is 1. The average Bonchev–Trinajstić information content (AvgIpc) is 2.50. The Balaban J connectivity index is 1.74. The summed E-state index contributed by atoms with van der Waals surface area (Å²) in [5.74, 6) is -1.68. The maximum absolute atomic E-state index is 13.4. The fourth-order valence-corrected chi connectivity index (χ4v) is 2.21. The summed E-state index contributed by atoms with van der Waals surface area (Å²) in [6.07, 6.45) is 1.46. The van der Waals surface area contributed by atoms with Crippen LogP contribution in [0.5, 0.6) is 0 Å². The van der Waals surface area contributed by atoms with Gasteiger partial charge in [0.1, 0.15) is 11.9 Å². The molecule has 2 rings (SSSR count). The molecule has 1 unspecified atom stereocenters. The van der Waals surface area contributed by atoms with Gasteiger partial charge in [-0.15, -0.1) is 0 Å². The normalized spacial score (nSPS) is 17.5. The second kappa shape index (κ2) is 7.53. The number of rotatable bonds is 5. The van der Waals surface area contributed by atoms with E-state index in [0.29, 0.717) is 13.0 Å². The molecule has 1 aliphatic rings. The van der Waals surface area contributed by atoms with Crippen LogP contribution in [0.4, 0.5) is 4.39 Å². The summed E-state index contributed by atoms with van der Waals surface area (Å²) in [6, 6.07) is 5.12. The van der Waals surface area contributed by atoms with Crippen LogP contribution in [0, 0.1) is 5.82 Å². The van der Waals surface area contributed by atoms with Gasteiger partial charge < -0.3 is 16.0 Å². The number of amides is 3. The van der Waals surface area contributed by atoms with Gasteiger partial charge in [0.05, 0.1) is 5.56 Å². The molecule has 3 amide bonds. The Morgan fingerprint density at radius 3 is 2.82 bits per heavy atom. The minimum absolute atomic E-state index is 0.0317. The Bertz CT molecular complexity index is 577. The summed E-state index contributed by atoms with van der Waals surface area (Å²) in [5.41, 5.74) is -0.0606. The van der Waals surface area contributed by atoms with Crippen molar-refractivity contribution in [2.75, 3.05) is 13.1 Å². The summed E-state index contributed by atoms with van der Waals surface area (Å²) >= 11 is 0. The molecular formula is C15H18FN3O3. The second-order valence-corrected chi connectivity index (χ2v) is 5.04. The molecule has 0 spiro atoms. The van der Waals surface area contributed by atoms with E-state index in [1.165, 1.54) is 18.2 Å². The number of benzene rings is 1. The summed E-state index contributed by atoms with van der Waals surface area (Å²) in [7, 11) is 0. The summed E-state index contributed by atoms with van der Waals surface area (Å²) in [4.78, 5) is 35.0. The van der Waals surface area contributed by atoms with Gasteiger partial charge in [0.15, 0.2) is 0 Å². The van der Waals surface area contributed by atoms with Crippen molar-refractivity contribution in [2.45, 2.75) is 25.3 Å². The predicted octanol–water partition coefficient (Wildman–Crippen LogP) is 0.340. The van der Waals surface area contributed by atoms with Crippen LogP contribution in [0.1, 0.15) is 29.6 Å². The highest BCUT2D eigenvalue weighted by molar-refractivity contribution is 5.94. The standard InChI is InChI=1S/C15H18FN3O3/c16-11-5-2-1-4-10(11)14(21)18-9-7-13(20)19-12-6-3-8-17-15(12)22/h1-2,4-5,12H,3,6-9H2,(H,17,22)(H,18,21)(H,19,20). The lowest BCUT2D eigenvalue weighted by atomic mass is 10.1. The molecule has 1 aromatic rings. The zero-order valence-electron chi connectivity index (χ0n) is 12.0. The highest BCUT2D eigenvalue weighted by Crippen LogP contribution is 2.06. The zero-order chi connectivity index (χ0) is 15.9. The molecule has 0 aromatic heterocycles. The first-order valence-electron chi connectivity index (χ1n) is 7.17. The fourth-order valence-electron chi connectivity index (χ4n) is 2.21. The van der Waals surface area contributed by atoms with Crippen LogP contribution < -0.4 is 16.0 Å². The Morgan fingerprint density at radius 2 is 2.09 bits per heavy atom. The van der Waals surface area contributed by atoms with E-state index in [1.807, 2.05) is 0 Å². The van der Waals surface area contributed by atoms with Gasteiger partial charge in [-0.1, -0.05) is 12.1 Å². The molecule has 22 heavy (non-hydrogen) atoms. The van der Waals surface area contributed by atoms with Crippen molar-refractivity contribution in [2.24, 2.45) is 0 Å². The average molecular weight is 307 g/mol. The lowest BCUT2D eigenvalue weighted by molar-refractivity contribution is -0.130. The molecule has 118 valence electrons. The predicted molar refractivity (Wildman–Crippen MR) is 77.5 cm³/mol. The zero-order valence-corrected chi connectivity index (χ0v) is 12.0. The van der Waals surface area contributed by atoms with Crippen LogP contribution in [-0.2, 0) is 9.59 Å². The maximum atomic E-state index is 13.4. The van der Waals surface area contributed by atoms with E-state index in [2.05, 4.69) is 16.0 Å². The van der Waals surface area contributed by atoms with E-state index in [0.717, 1.165) is 6.42 Å². The number of nitrogens with one attached hydrogen (secondary N) is 3. The van der Waals surface area contributed by atoms with Gasteiger partial charge in [0.25, 0.3) is 5.91 Å². The summed E-state index contributed by atoms with van der Waals surface area (Å²) < 4.78 is 13.4. The molecule has 1 fully saturated rings. The van der Waals surface area contributed by atoms with Crippen molar-refractivity contribution >= 4 is 17.7 Å². The number of carbonyl (C=O) groups excluding carboxylic acids is 3. The molecule has 0 radical (unpaired) electrons. The third kappa shape index (κ3) is 4.28. The van der Waals surface area contributed by atoms with Crippen LogP contribution in [0.15, 0.2) is 24.3 Å². The van der Waals surface area contributed by atoms with Crippen molar-refractivity contribution in [1.82, 2.24) is 16.0 Å². The first-order chi connectivity index (χ1) is 10.6. The molecule has 1 saturated heterocycles. The van der Waals surface area contributed by atoms with Gasteiger partial charge in [-0.3, -0.25) is 14.4 Å². The smallest absolute Gasteiger partial charge is 0.254 e. The van der Waals surface area contributed by atoms with Gasteiger partial charge in [-0.25, -0.2) is 4.39 Å².